The molecule has 2 aliphatic heterocycles. The van der Waals surface area contributed by atoms with E-state index in [1.165, 1.54) is 4.90 Å². The maximum absolute atomic E-state index is 12.7. The number of hydrogen-bond acceptors (Lipinski definition) is 4. The van der Waals surface area contributed by atoms with Crippen LogP contribution >= 0.6 is 0 Å². The van der Waals surface area contributed by atoms with E-state index in [2.05, 4.69) is 10.3 Å². The lowest BCUT2D eigenvalue weighted by molar-refractivity contribution is -0.134. The van der Waals surface area contributed by atoms with Crippen LogP contribution in [0.5, 0.6) is 0 Å². The summed E-state index contributed by atoms with van der Waals surface area (Å²) < 4.78 is 0. The van der Waals surface area contributed by atoms with Crippen LogP contribution in [-0.2, 0) is 9.59 Å². The van der Waals surface area contributed by atoms with Gasteiger partial charge in [0, 0.05) is 18.0 Å². The van der Waals surface area contributed by atoms with E-state index in [1.807, 2.05) is 0 Å². The molecular formula is C15H10BN3O3. The molecule has 0 spiro atoms. The molecule has 1 atom stereocenters. The number of aromatic nitrogens is 1. The fourth-order valence-corrected chi connectivity index (χ4v) is 3.13. The van der Waals surface area contributed by atoms with Gasteiger partial charge in [0.1, 0.15) is 13.9 Å². The molecule has 1 aromatic heterocycles. The monoisotopic (exact) mass is 291 g/mol. The van der Waals surface area contributed by atoms with E-state index in [0.29, 0.717) is 34.0 Å². The summed E-state index contributed by atoms with van der Waals surface area (Å²) in [6.45, 7) is 0. The highest BCUT2D eigenvalue weighted by molar-refractivity contribution is 6.41. The predicted molar refractivity (Wildman–Crippen MR) is 80.1 cm³/mol. The van der Waals surface area contributed by atoms with Crippen LogP contribution in [0.15, 0.2) is 24.4 Å². The number of imide groups is 1. The van der Waals surface area contributed by atoms with Gasteiger partial charge in [-0.25, -0.2) is 0 Å². The molecule has 6 nitrogen and oxygen atoms in total. The van der Waals surface area contributed by atoms with Crippen molar-refractivity contribution in [3.05, 3.63) is 30.0 Å². The highest BCUT2D eigenvalue weighted by Gasteiger charge is 2.40. The van der Waals surface area contributed by atoms with Gasteiger partial charge >= 0.3 is 0 Å². The SMILES string of the molecule is [B]c1ccc2c3c(ccnc13)N(C1CCC(=O)NC1=O)C2=O. The van der Waals surface area contributed by atoms with E-state index in [-0.39, 0.29) is 18.2 Å². The van der Waals surface area contributed by atoms with Crippen molar-refractivity contribution in [3.8, 4) is 0 Å². The number of piperidine rings is 1. The average molecular weight is 291 g/mol. The van der Waals surface area contributed by atoms with Gasteiger partial charge in [0.25, 0.3) is 5.91 Å². The van der Waals surface area contributed by atoms with Crippen molar-refractivity contribution < 1.29 is 14.4 Å². The van der Waals surface area contributed by atoms with Crippen molar-refractivity contribution >= 4 is 47.6 Å². The number of nitrogens with zero attached hydrogens (tertiary/aromatic N) is 2. The van der Waals surface area contributed by atoms with E-state index in [4.69, 9.17) is 7.85 Å². The summed E-state index contributed by atoms with van der Waals surface area (Å²) in [5.41, 5.74) is 2.14. The smallest absolute Gasteiger partial charge is 0.259 e. The zero-order valence-corrected chi connectivity index (χ0v) is 11.5. The van der Waals surface area contributed by atoms with Crippen LogP contribution in [0.4, 0.5) is 5.69 Å². The summed E-state index contributed by atoms with van der Waals surface area (Å²) in [6, 6.07) is 4.29. The topological polar surface area (TPSA) is 79.4 Å². The first-order chi connectivity index (χ1) is 10.6. The van der Waals surface area contributed by atoms with Crippen molar-refractivity contribution in [1.29, 1.82) is 0 Å². The normalized spacial score (nSPS) is 20.6. The first kappa shape index (κ1) is 13.0. The Balaban J connectivity index is 1.89. The summed E-state index contributed by atoms with van der Waals surface area (Å²) in [5.74, 6) is -1.02. The number of nitrogens with one attached hydrogen (secondary N) is 1. The minimum atomic E-state index is -0.690. The molecule has 0 bridgehead atoms. The Labute approximate surface area is 126 Å². The van der Waals surface area contributed by atoms with Crippen LogP contribution in [0.3, 0.4) is 0 Å². The second kappa shape index (κ2) is 4.40. The van der Waals surface area contributed by atoms with Crippen LogP contribution in [0, 0.1) is 0 Å². The van der Waals surface area contributed by atoms with E-state index in [1.54, 1.807) is 24.4 Å². The van der Waals surface area contributed by atoms with Gasteiger partial charge in [0.05, 0.1) is 16.8 Å². The number of carbonyl (C=O) groups excluding carboxylic acids is 3. The minimum absolute atomic E-state index is 0.215. The molecule has 1 saturated heterocycles. The predicted octanol–water partition coefficient (Wildman–Crippen LogP) is -0.206. The Morgan fingerprint density at radius 2 is 2.05 bits per heavy atom. The van der Waals surface area contributed by atoms with Crippen molar-refractivity contribution in [2.24, 2.45) is 0 Å². The second-order valence-electron chi connectivity index (χ2n) is 5.40. The van der Waals surface area contributed by atoms with Gasteiger partial charge in [-0.3, -0.25) is 29.6 Å². The molecule has 3 amide bonds. The van der Waals surface area contributed by atoms with Crippen LogP contribution in [0.25, 0.3) is 10.9 Å². The summed E-state index contributed by atoms with van der Waals surface area (Å²) in [4.78, 5) is 41.8. The van der Waals surface area contributed by atoms with Gasteiger partial charge in [-0.2, -0.15) is 0 Å². The fourth-order valence-electron chi connectivity index (χ4n) is 3.13. The second-order valence-corrected chi connectivity index (χ2v) is 5.40. The van der Waals surface area contributed by atoms with Crippen molar-refractivity contribution in [2.75, 3.05) is 4.90 Å². The van der Waals surface area contributed by atoms with Gasteiger partial charge < -0.3 is 0 Å². The van der Waals surface area contributed by atoms with Gasteiger partial charge in [0.2, 0.25) is 11.8 Å². The summed E-state index contributed by atoms with van der Waals surface area (Å²) >= 11 is 0. The van der Waals surface area contributed by atoms with Crippen LogP contribution in [0.1, 0.15) is 23.2 Å². The Morgan fingerprint density at radius 3 is 2.82 bits per heavy atom. The Bertz CT molecular complexity index is 864. The Hall–Kier alpha value is -2.70. The zero-order chi connectivity index (χ0) is 15.4. The number of benzene rings is 1. The van der Waals surface area contributed by atoms with Gasteiger partial charge in [0.15, 0.2) is 0 Å². The lowest BCUT2D eigenvalue weighted by Crippen LogP contribution is -2.53. The van der Waals surface area contributed by atoms with Crippen molar-refractivity contribution in [2.45, 2.75) is 18.9 Å². The van der Waals surface area contributed by atoms with Crippen LogP contribution in [-0.4, -0.2) is 36.6 Å². The van der Waals surface area contributed by atoms with Crippen LogP contribution in [0.2, 0.25) is 0 Å². The van der Waals surface area contributed by atoms with Gasteiger partial charge in [-0.05, 0) is 18.6 Å². The number of carbonyl (C=O) groups is 3. The molecule has 0 saturated carbocycles. The quantitative estimate of drug-likeness (QED) is 0.582. The van der Waals surface area contributed by atoms with Gasteiger partial charge in [-0.15, -0.1) is 0 Å². The molecule has 2 aromatic rings. The molecule has 1 aromatic carbocycles. The summed E-state index contributed by atoms with van der Waals surface area (Å²) in [5, 5.41) is 2.95. The molecule has 1 N–H and O–H groups in total. The standard InChI is InChI=1S/C15H10BN3O3/c16-8-2-1-7-12-9(5-6-17-13(8)12)19(15(7)22)10-3-4-11(20)18-14(10)21/h1-2,5-6,10H,3-4H2,(H,18,20,21). The molecule has 106 valence electrons. The third-order valence-corrected chi connectivity index (χ3v) is 4.13. The highest BCUT2D eigenvalue weighted by Crippen LogP contribution is 2.37. The van der Waals surface area contributed by atoms with E-state index in [0.717, 1.165) is 0 Å². The minimum Gasteiger partial charge on any atom is -0.295 e. The van der Waals surface area contributed by atoms with E-state index < -0.39 is 11.9 Å². The maximum Gasteiger partial charge on any atom is 0.259 e. The van der Waals surface area contributed by atoms with E-state index in [9.17, 15) is 14.4 Å². The first-order valence-electron chi connectivity index (χ1n) is 6.92. The fraction of sp³-hybridized carbons (Fsp3) is 0.200. The molecular weight excluding hydrogens is 281 g/mol. The van der Waals surface area contributed by atoms with Crippen LogP contribution < -0.4 is 15.7 Å². The largest absolute Gasteiger partial charge is 0.295 e. The van der Waals surface area contributed by atoms with Crippen molar-refractivity contribution in [3.63, 3.8) is 0 Å². The average Bonchev–Trinajstić information content (AvgIpc) is 2.77. The maximum atomic E-state index is 12.7. The lowest BCUT2D eigenvalue weighted by Gasteiger charge is -2.30. The number of anilines is 1. The summed E-state index contributed by atoms with van der Waals surface area (Å²) in [7, 11) is 5.92. The lowest BCUT2D eigenvalue weighted by atomic mass is 9.91. The molecule has 0 aliphatic carbocycles. The Morgan fingerprint density at radius 1 is 1.23 bits per heavy atom. The highest BCUT2D eigenvalue weighted by atomic mass is 16.2. The zero-order valence-electron chi connectivity index (χ0n) is 11.5. The third-order valence-electron chi connectivity index (χ3n) is 4.13. The molecule has 3 heterocycles. The first-order valence-corrected chi connectivity index (χ1v) is 6.92. The van der Waals surface area contributed by atoms with E-state index >= 15 is 0 Å². The molecule has 22 heavy (non-hydrogen) atoms. The Kier molecular flexibility index (Phi) is 2.60. The molecule has 2 aliphatic rings. The number of pyridine rings is 1. The molecule has 1 fully saturated rings. The number of hydrogen-bond donors (Lipinski definition) is 1. The van der Waals surface area contributed by atoms with Crippen molar-refractivity contribution in [1.82, 2.24) is 10.3 Å². The molecule has 2 radical (unpaired) electrons. The number of rotatable bonds is 1. The molecule has 7 heteroatoms. The molecule has 4 rings (SSSR count). The van der Waals surface area contributed by atoms with Gasteiger partial charge in [-0.1, -0.05) is 11.5 Å². The third kappa shape index (κ3) is 1.62. The number of amides is 3. The molecule has 1 unspecified atom stereocenters. The summed E-state index contributed by atoms with van der Waals surface area (Å²) in [6.07, 6.45) is 2.09.